The lowest BCUT2D eigenvalue weighted by atomic mass is 10.3. The molecule has 1 saturated heterocycles. The first kappa shape index (κ1) is 17.1. The summed E-state index contributed by atoms with van der Waals surface area (Å²) in [5.41, 5.74) is 0.709. The first-order valence-corrected chi connectivity index (χ1v) is 10.1. The Morgan fingerprint density at radius 3 is 2.59 bits per heavy atom. The number of ether oxygens (including phenoxy) is 1. The van der Waals surface area contributed by atoms with Crippen molar-refractivity contribution in [2.24, 2.45) is 0 Å². The first-order valence-electron chi connectivity index (χ1n) is 7.23. The second kappa shape index (κ2) is 7.37. The Kier molecular flexibility index (Phi) is 5.74. The van der Waals surface area contributed by atoms with Crippen molar-refractivity contribution >= 4 is 33.2 Å². The number of carbonyl (C=O) groups is 1. The van der Waals surface area contributed by atoms with Gasteiger partial charge < -0.3 is 10.1 Å². The fraction of sp³-hybridized carbons (Fsp3) is 0.533. The second-order valence-corrected chi connectivity index (χ2v) is 9.09. The summed E-state index contributed by atoms with van der Waals surface area (Å²) in [5.74, 6) is 1.34. The van der Waals surface area contributed by atoms with Gasteiger partial charge in [-0.3, -0.25) is 4.79 Å². The lowest BCUT2D eigenvalue weighted by molar-refractivity contribution is -0.113. The van der Waals surface area contributed by atoms with E-state index in [0.29, 0.717) is 12.1 Å². The third-order valence-corrected chi connectivity index (χ3v) is 6.43. The van der Waals surface area contributed by atoms with E-state index in [1.165, 1.54) is 11.8 Å². The Hall–Kier alpha value is -1.21. The van der Waals surface area contributed by atoms with Crippen molar-refractivity contribution in [3.8, 4) is 5.75 Å². The molecule has 0 bridgehead atoms. The van der Waals surface area contributed by atoms with E-state index in [1.807, 2.05) is 26.0 Å². The van der Waals surface area contributed by atoms with Crippen molar-refractivity contribution in [1.82, 2.24) is 0 Å². The van der Waals surface area contributed by atoms with E-state index >= 15 is 0 Å². The van der Waals surface area contributed by atoms with Gasteiger partial charge in [0.1, 0.15) is 5.75 Å². The van der Waals surface area contributed by atoms with Crippen LogP contribution in [0.2, 0.25) is 0 Å². The summed E-state index contributed by atoms with van der Waals surface area (Å²) < 4.78 is 28.3. The van der Waals surface area contributed by atoms with Crippen molar-refractivity contribution in [3.63, 3.8) is 0 Å². The summed E-state index contributed by atoms with van der Waals surface area (Å²) in [5, 5.41) is 2.84. The highest BCUT2D eigenvalue weighted by Crippen LogP contribution is 2.24. The molecule has 122 valence electrons. The standard InChI is InChI=1S/C15H21NO4S2/c1-11(2)20-13-5-3-12(4-6-13)16-15(17)9-21-14-7-8-22(18,19)10-14/h3-6,11,14H,7-10H2,1-2H3,(H,16,17)/t14-/m1/s1. The molecule has 1 aliphatic heterocycles. The fourth-order valence-electron chi connectivity index (χ4n) is 2.17. The summed E-state index contributed by atoms with van der Waals surface area (Å²) in [6.07, 6.45) is 0.751. The predicted octanol–water partition coefficient (Wildman–Crippen LogP) is 2.33. The van der Waals surface area contributed by atoms with Gasteiger partial charge in [-0.25, -0.2) is 8.42 Å². The SMILES string of the molecule is CC(C)Oc1ccc(NC(=O)CS[C@@H]2CCS(=O)(=O)C2)cc1. The van der Waals surface area contributed by atoms with Crippen LogP contribution in [0.25, 0.3) is 0 Å². The maximum atomic E-state index is 11.9. The molecule has 0 aromatic heterocycles. The lowest BCUT2D eigenvalue weighted by Gasteiger charge is -2.11. The summed E-state index contributed by atoms with van der Waals surface area (Å²) in [6, 6.07) is 7.21. The minimum atomic E-state index is -2.88. The molecule has 0 unspecified atom stereocenters. The minimum Gasteiger partial charge on any atom is -0.491 e. The number of hydrogen-bond acceptors (Lipinski definition) is 5. The summed E-state index contributed by atoms with van der Waals surface area (Å²) in [7, 11) is -2.88. The van der Waals surface area contributed by atoms with Crippen LogP contribution in [0.3, 0.4) is 0 Å². The Morgan fingerprint density at radius 1 is 1.36 bits per heavy atom. The minimum absolute atomic E-state index is 0.0394. The Bertz CT molecular complexity index is 611. The van der Waals surface area contributed by atoms with Crippen molar-refractivity contribution in [3.05, 3.63) is 24.3 Å². The van der Waals surface area contributed by atoms with Gasteiger partial charge in [-0.2, -0.15) is 0 Å². The van der Waals surface area contributed by atoms with E-state index in [4.69, 9.17) is 4.74 Å². The maximum absolute atomic E-state index is 11.9. The average molecular weight is 343 g/mol. The molecule has 1 amide bonds. The van der Waals surface area contributed by atoms with Crippen molar-refractivity contribution in [1.29, 1.82) is 0 Å². The van der Waals surface area contributed by atoms with Crippen LogP contribution in [0.1, 0.15) is 20.3 Å². The smallest absolute Gasteiger partial charge is 0.234 e. The number of sulfone groups is 1. The zero-order valence-electron chi connectivity index (χ0n) is 12.7. The quantitative estimate of drug-likeness (QED) is 0.858. The topological polar surface area (TPSA) is 72.5 Å². The lowest BCUT2D eigenvalue weighted by Crippen LogP contribution is -2.17. The van der Waals surface area contributed by atoms with E-state index in [1.54, 1.807) is 12.1 Å². The van der Waals surface area contributed by atoms with Gasteiger partial charge in [-0.05, 0) is 44.5 Å². The number of benzene rings is 1. The first-order chi connectivity index (χ1) is 10.3. The number of rotatable bonds is 6. The molecular formula is C15H21NO4S2. The van der Waals surface area contributed by atoms with Gasteiger partial charge >= 0.3 is 0 Å². The number of hydrogen-bond donors (Lipinski definition) is 1. The third-order valence-electron chi connectivity index (χ3n) is 3.15. The molecule has 0 saturated carbocycles. The third kappa shape index (κ3) is 5.53. The van der Waals surface area contributed by atoms with Crippen molar-refractivity contribution < 1.29 is 17.9 Å². The maximum Gasteiger partial charge on any atom is 0.234 e. The summed E-state index contributed by atoms with van der Waals surface area (Å²) >= 11 is 1.41. The predicted molar refractivity (Wildman–Crippen MR) is 90.4 cm³/mol. The summed E-state index contributed by atoms with van der Waals surface area (Å²) in [6.45, 7) is 3.91. The van der Waals surface area contributed by atoms with Crippen LogP contribution in [-0.2, 0) is 14.6 Å². The molecule has 22 heavy (non-hydrogen) atoms. The van der Waals surface area contributed by atoms with Crippen LogP contribution in [0.5, 0.6) is 5.75 Å². The summed E-state index contributed by atoms with van der Waals surface area (Å²) in [4.78, 5) is 11.9. The molecule has 1 aromatic carbocycles. The van der Waals surface area contributed by atoms with Crippen LogP contribution in [0.4, 0.5) is 5.69 Å². The zero-order valence-corrected chi connectivity index (χ0v) is 14.4. The monoisotopic (exact) mass is 343 g/mol. The molecule has 1 N–H and O–H groups in total. The van der Waals surface area contributed by atoms with Crippen LogP contribution >= 0.6 is 11.8 Å². The molecule has 0 spiro atoms. The highest BCUT2D eigenvalue weighted by atomic mass is 32.2. The molecule has 1 atom stereocenters. The van der Waals surface area contributed by atoms with Gasteiger partial charge in [0.05, 0.1) is 23.4 Å². The molecule has 1 fully saturated rings. The average Bonchev–Trinajstić information content (AvgIpc) is 2.78. The van der Waals surface area contributed by atoms with Gasteiger partial charge in [0.2, 0.25) is 5.91 Å². The van der Waals surface area contributed by atoms with E-state index in [2.05, 4.69) is 5.32 Å². The van der Waals surface area contributed by atoms with Gasteiger partial charge in [-0.1, -0.05) is 0 Å². The number of nitrogens with one attached hydrogen (secondary N) is 1. The van der Waals surface area contributed by atoms with Gasteiger partial charge in [0.25, 0.3) is 0 Å². The van der Waals surface area contributed by atoms with E-state index in [-0.39, 0.29) is 34.5 Å². The second-order valence-electron chi connectivity index (χ2n) is 5.58. The molecule has 2 rings (SSSR count). The number of anilines is 1. The van der Waals surface area contributed by atoms with Crippen LogP contribution < -0.4 is 10.1 Å². The largest absolute Gasteiger partial charge is 0.491 e. The molecule has 1 heterocycles. The molecule has 1 aliphatic rings. The Labute approximate surface area is 135 Å². The van der Waals surface area contributed by atoms with E-state index in [9.17, 15) is 13.2 Å². The molecule has 0 aliphatic carbocycles. The fourth-order valence-corrected chi connectivity index (χ4v) is 5.62. The van der Waals surface area contributed by atoms with Gasteiger partial charge in [0.15, 0.2) is 9.84 Å². The highest BCUT2D eigenvalue weighted by molar-refractivity contribution is 8.02. The van der Waals surface area contributed by atoms with Crippen LogP contribution in [0, 0.1) is 0 Å². The molecule has 7 heteroatoms. The zero-order chi connectivity index (χ0) is 16.2. The molecule has 1 aromatic rings. The van der Waals surface area contributed by atoms with Gasteiger partial charge in [-0.15, -0.1) is 11.8 Å². The van der Waals surface area contributed by atoms with Crippen molar-refractivity contribution in [2.45, 2.75) is 31.6 Å². The molecule has 5 nitrogen and oxygen atoms in total. The molecule has 0 radical (unpaired) electrons. The van der Waals surface area contributed by atoms with Crippen LogP contribution in [0.15, 0.2) is 24.3 Å². The highest BCUT2D eigenvalue weighted by Gasteiger charge is 2.28. The Balaban J connectivity index is 1.77. The van der Waals surface area contributed by atoms with Gasteiger partial charge in [0, 0.05) is 10.9 Å². The van der Waals surface area contributed by atoms with Crippen molar-refractivity contribution in [2.75, 3.05) is 22.6 Å². The van der Waals surface area contributed by atoms with E-state index in [0.717, 1.165) is 5.75 Å². The number of carbonyl (C=O) groups excluding carboxylic acids is 1. The normalized spacial score (nSPS) is 20.0. The number of amides is 1. The number of thioether (sulfide) groups is 1. The Morgan fingerprint density at radius 2 is 2.05 bits per heavy atom. The molecular weight excluding hydrogens is 322 g/mol. The van der Waals surface area contributed by atoms with E-state index < -0.39 is 9.84 Å². The van der Waals surface area contributed by atoms with Crippen LogP contribution in [-0.4, -0.2) is 42.9 Å².